The van der Waals surface area contributed by atoms with Gasteiger partial charge in [0.05, 0.1) is 10.9 Å². The number of nitrogens with zero attached hydrogens (tertiary/aromatic N) is 2. The van der Waals surface area contributed by atoms with Crippen LogP contribution in [0.25, 0.3) is 38.8 Å². The number of benzene rings is 8. The zero-order valence-electron chi connectivity index (χ0n) is 29.2. The fourth-order valence-electron chi connectivity index (χ4n) is 8.52. The first-order valence-corrected chi connectivity index (χ1v) is 18.3. The van der Waals surface area contributed by atoms with Crippen LogP contribution in [0.4, 0.5) is 17.1 Å². The molecule has 0 atom stereocenters. The van der Waals surface area contributed by atoms with E-state index in [2.05, 4.69) is 228 Å². The van der Waals surface area contributed by atoms with E-state index in [0.29, 0.717) is 0 Å². The van der Waals surface area contributed by atoms with E-state index in [9.17, 15) is 0 Å². The molecular weight excluding hydrogens is 641 g/mol. The minimum Gasteiger partial charge on any atom is -0.317 e. The molecule has 0 saturated heterocycles. The normalized spacial score (nSPS) is 12.7. The Labute approximate surface area is 310 Å². The number of hydrogen-bond donors (Lipinski definition) is 0. The van der Waals surface area contributed by atoms with Crippen LogP contribution in [-0.2, 0) is 5.41 Å². The van der Waals surface area contributed by atoms with Crippen LogP contribution in [0.1, 0.15) is 22.3 Å². The number of para-hydroxylation sites is 2. The van der Waals surface area contributed by atoms with Crippen molar-refractivity contribution in [1.82, 2.24) is 4.57 Å². The van der Waals surface area contributed by atoms with Gasteiger partial charge in [-0.15, -0.1) is 0 Å². The number of anilines is 3. The number of fused-ring (bicyclic) bond motifs is 4. The molecule has 9 aromatic rings. The van der Waals surface area contributed by atoms with Crippen molar-refractivity contribution >= 4 is 28.0 Å². The topological polar surface area (TPSA) is 8.17 Å². The lowest BCUT2D eigenvalue weighted by Crippen LogP contribution is -2.29. The quantitative estimate of drug-likeness (QED) is 0.163. The standard InChI is InChI=1S/C51H36N2/c1-5-15-37(16-6-1)38-25-27-43(28-26-38)53(42-22-11-4-12-23-42)45-30-32-47-46-31-29-44(52-34-33-39-17-13-14-24-50(39)52)35-48(46)51(49(47)36-45,40-18-7-2-8-19-40)41-20-9-3-10-21-41/h1-36H. The summed E-state index contributed by atoms with van der Waals surface area (Å²) in [5, 5.41) is 1.23. The maximum absolute atomic E-state index is 2.44. The lowest BCUT2D eigenvalue weighted by atomic mass is 9.67. The van der Waals surface area contributed by atoms with Crippen LogP contribution in [0.5, 0.6) is 0 Å². The summed E-state index contributed by atoms with van der Waals surface area (Å²) in [6.07, 6.45) is 2.19. The highest BCUT2D eigenvalue weighted by atomic mass is 15.1. The molecule has 0 N–H and O–H groups in total. The zero-order chi connectivity index (χ0) is 35.2. The van der Waals surface area contributed by atoms with E-state index in [1.54, 1.807) is 0 Å². The average molecular weight is 677 g/mol. The van der Waals surface area contributed by atoms with E-state index in [0.717, 1.165) is 22.7 Å². The van der Waals surface area contributed by atoms with Gasteiger partial charge in [0, 0.05) is 28.9 Å². The van der Waals surface area contributed by atoms with Crippen LogP contribution in [0.3, 0.4) is 0 Å². The highest BCUT2D eigenvalue weighted by molar-refractivity contribution is 5.91. The Balaban J connectivity index is 1.21. The Morgan fingerprint density at radius 3 is 1.57 bits per heavy atom. The second-order valence-electron chi connectivity index (χ2n) is 13.8. The highest BCUT2D eigenvalue weighted by Crippen LogP contribution is 2.57. The van der Waals surface area contributed by atoms with E-state index in [1.165, 1.54) is 55.4 Å². The summed E-state index contributed by atoms with van der Waals surface area (Å²) in [6.45, 7) is 0. The van der Waals surface area contributed by atoms with Gasteiger partial charge in [0.25, 0.3) is 0 Å². The summed E-state index contributed by atoms with van der Waals surface area (Å²) in [5.74, 6) is 0. The van der Waals surface area contributed by atoms with Crippen molar-refractivity contribution in [3.05, 3.63) is 241 Å². The van der Waals surface area contributed by atoms with Gasteiger partial charge in [-0.1, -0.05) is 152 Å². The van der Waals surface area contributed by atoms with Gasteiger partial charge in [0.1, 0.15) is 0 Å². The molecule has 0 unspecified atom stereocenters. The minimum atomic E-state index is -0.554. The summed E-state index contributed by atoms with van der Waals surface area (Å²) >= 11 is 0. The lowest BCUT2D eigenvalue weighted by Gasteiger charge is -2.35. The molecule has 8 aromatic carbocycles. The zero-order valence-corrected chi connectivity index (χ0v) is 29.2. The second kappa shape index (κ2) is 12.7. The molecule has 0 amide bonds. The Bertz CT molecular complexity index is 2660. The van der Waals surface area contributed by atoms with E-state index in [-0.39, 0.29) is 0 Å². The van der Waals surface area contributed by atoms with Gasteiger partial charge in [-0.25, -0.2) is 0 Å². The monoisotopic (exact) mass is 676 g/mol. The van der Waals surface area contributed by atoms with Gasteiger partial charge in [0.15, 0.2) is 0 Å². The van der Waals surface area contributed by atoms with E-state index in [4.69, 9.17) is 0 Å². The summed E-state index contributed by atoms with van der Waals surface area (Å²) in [4.78, 5) is 2.39. The minimum absolute atomic E-state index is 0.554. The van der Waals surface area contributed by atoms with Gasteiger partial charge < -0.3 is 9.47 Å². The van der Waals surface area contributed by atoms with E-state index < -0.39 is 5.41 Å². The molecule has 1 heterocycles. The molecule has 0 fully saturated rings. The van der Waals surface area contributed by atoms with Gasteiger partial charge in [-0.2, -0.15) is 0 Å². The summed E-state index contributed by atoms with van der Waals surface area (Å²) < 4.78 is 2.32. The molecule has 1 aliphatic rings. The molecular formula is C51H36N2. The molecule has 0 saturated carbocycles. The van der Waals surface area contributed by atoms with Gasteiger partial charge in [0.2, 0.25) is 0 Å². The van der Waals surface area contributed by atoms with Crippen molar-refractivity contribution in [1.29, 1.82) is 0 Å². The third kappa shape index (κ3) is 5.03. The van der Waals surface area contributed by atoms with Crippen LogP contribution in [0.2, 0.25) is 0 Å². The smallest absolute Gasteiger partial charge is 0.0715 e. The summed E-state index contributed by atoms with van der Waals surface area (Å²) in [5.41, 5.74) is 15.1. The molecule has 0 spiro atoms. The lowest BCUT2D eigenvalue weighted by molar-refractivity contribution is 0.767. The fourth-order valence-corrected chi connectivity index (χ4v) is 8.52. The first-order chi connectivity index (χ1) is 26.3. The Morgan fingerprint density at radius 2 is 0.887 bits per heavy atom. The molecule has 10 rings (SSSR count). The SMILES string of the molecule is c1ccc(-c2ccc(N(c3ccccc3)c3ccc4c(c3)C(c3ccccc3)(c3ccccc3)c3cc(-n5ccc6ccccc65)ccc3-4)cc2)cc1. The Kier molecular flexibility index (Phi) is 7.40. The first-order valence-electron chi connectivity index (χ1n) is 18.3. The number of hydrogen-bond acceptors (Lipinski definition) is 1. The van der Waals surface area contributed by atoms with Gasteiger partial charge in [-0.3, -0.25) is 0 Å². The second-order valence-corrected chi connectivity index (χ2v) is 13.8. The third-order valence-electron chi connectivity index (χ3n) is 10.9. The molecule has 0 aliphatic heterocycles. The number of aromatic nitrogens is 1. The maximum Gasteiger partial charge on any atom is 0.0715 e. The average Bonchev–Trinajstić information content (AvgIpc) is 3.80. The van der Waals surface area contributed by atoms with Crippen molar-refractivity contribution in [2.24, 2.45) is 0 Å². The van der Waals surface area contributed by atoms with Crippen LogP contribution in [-0.4, -0.2) is 4.57 Å². The third-order valence-corrected chi connectivity index (χ3v) is 10.9. The van der Waals surface area contributed by atoms with Crippen LogP contribution < -0.4 is 4.90 Å². The molecule has 1 aliphatic carbocycles. The molecule has 2 heteroatoms. The maximum atomic E-state index is 2.44. The van der Waals surface area contributed by atoms with Crippen molar-refractivity contribution in [2.45, 2.75) is 5.41 Å². The van der Waals surface area contributed by atoms with Crippen molar-refractivity contribution < 1.29 is 0 Å². The molecule has 0 bridgehead atoms. The molecule has 2 nitrogen and oxygen atoms in total. The molecule has 53 heavy (non-hydrogen) atoms. The van der Waals surface area contributed by atoms with Gasteiger partial charge in [-0.05, 0) is 111 Å². The molecule has 0 radical (unpaired) electrons. The predicted molar refractivity (Wildman–Crippen MR) is 221 cm³/mol. The Hall–Kier alpha value is -6.90. The van der Waals surface area contributed by atoms with Crippen LogP contribution >= 0.6 is 0 Å². The largest absolute Gasteiger partial charge is 0.317 e. The van der Waals surface area contributed by atoms with Crippen LogP contribution in [0.15, 0.2) is 219 Å². The van der Waals surface area contributed by atoms with Crippen molar-refractivity contribution in [3.63, 3.8) is 0 Å². The summed E-state index contributed by atoms with van der Waals surface area (Å²) in [7, 11) is 0. The van der Waals surface area contributed by atoms with Crippen LogP contribution in [0, 0.1) is 0 Å². The molecule has 1 aromatic heterocycles. The van der Waals surface area contributed by atoms with E-state index in [1.807, 2.05) is 0 Å². The van der Waals surface area contributed by atoms with Gasteiger partial charge >= 0.3 is 0 Å². The Morgan fingerprint density at radius 1 is 0.377 bits per heavy atom. The highest BCUT2D eigenvalue weighted by Gasteiger charge is 2.46. The molecule has 250 valence electrons. The fraction of sp³-hybridized carbons (Fsp3) is 0.0196. The van der Waals surface area contributed by atoms with Crippen molar-refractivity contribution in [3.8, 4) is 27.9 Å². The summed E-state index contributed by atoms with van der Waals surface area (Å²) in [6, 6.07) is 77.3. The van der Waals surface area contributed by atoms with E-state index >= 15 is 0 Å². The van der Waals surface area contributed by atoms with Crippen molar-refractivity contribution in [2.75, 3.05) is 4.90 Å². The number of rotatable bonds is 7. The first kappa shape index (κ1) is 30.9. The predicted octanol–water partition coefficient (Wildman–Crippen LogP) is 13.1.